The van der Waals surface area contributed by atoms with E-state index >= 15 is 0 Å². The van der Waals surface area contributed by atoms with Gasteiger partial charge in [-0.3, -0.25) is 0 Å². The van der Waals surface area contributed by atoms with Gasteiger partial charge >= 0.3 is 6.16 Å². The van der Waals surface area contributed by atoms with E-state index in [1.54, 1.807) is 0 Å². The number of carbonyl (C=O) groups is 1. The molecule has 2 fully saturated rings. The Bertz CT molecular complexity index is 989. The van der Waals surface area contributed by atoms with Crippen molar-refractivity contribution in [1.29, 1.82) is 0 Å². The predicted molar refractivity (Wildman–Crippen MR) is 111 cm³/mol. The lowest BCUT2D eigenvalue weighted by Gasteiger charge is -2.40. The Labute approximate surface area is 174 Å². The molecule has 5 rings (SSSR count). The minimum atomic E-state index is -1.24. The van der Waals surface area contributed by atoms with Crippen molar-refractivity contribution in [2.24, 2.45) is 5.16 Å². The summed E-state index contributed by atoms with van der Waals surface area (Å²) in [5, 5.41) is 22.5. The zero-order valence-corrected chi connectivity index (χ0v) is 17.1. The molecule has 2 N–H and O–H groups in total. The van der Waals surface area contributed by atoms with Gasteiger partial charge < -0.3 is 20.0 Å². The van der Waals surface area contributed by atoms with E-state index in [1.807, 2.05) is 17.1 Å². The van der Waals surface area contributed by atoms with Gasteiger partial charge in [-0.25, -0.2) is 14.5 Å². The topological polar surface area (TPSA) is 111 Å². The smallest absolute Gasteiger partial charge is 0.450 e. The van der Waals surface area contributed by atoms with Gasteiger partial charge in [0.2, 0.25) is 0 Å². The average molecular weight is 413 g/mol. The van der Waals surface area contributed by atoms with Crippen LogP contribution >= 0.6 is 0 Å². The van der Waals surface area contributed by atoms with E-state index in [-0.39, 0.29) is 6.10 Å². The van der Waals surface area contributed by atoms with Crippen LogP contribution in [0.4, 0.5) is 10.5 Å². The summed E-state index contributed by atoms with van der Waals surface area (Å²) in [5.41, 5.74) is 3.24. The molecule has 2 aliphatic carbocycles. The van der Waals surface area contributed by atoms with E-state index in [1.165, 1.54) is 19.3 Å². The summed E-state index contributed by atoms with van der Waals surface area (Å²) < 4.78 is 6.76. The summed E-state index contributed by atoms with van der Waals surface area (Å²) in [6.07, 6.45) is 9.98. The monoisotopic (exact) mass is 413 g/mol. The Kier molecular flexibility index (Phi) is 4.75. The van der Waals surface area contributed by atoms with Crippen molar-refractivity contribution in [3.63, 3.8) is 0 Å². The van der Waals surface area contributed by atoms with Crippen LogP contribution in [-0.2, 0) is 16.1 Å². The number of fused-ring (bicyclic) bond motifs is 1. The highest BCUT2D eigenvalue weighted by molar-refractivity contribution is 6.10. The number of hydrogen-bond acceptors (Lipinski definition) is 7. The summed E-state index contributed by atoms with van der Waals surface area (Å²) in [7, 11) is 0. The average Bonchev–Trinajstić information content (AvgIpc) is 3.33. The molecule has 0 radical (unpaired) electrons. The number of ether oxygens (including phenoxy) is 1. The maximum Gasteiger partial charge on any atom is 0.506 e. The lowest BCUT2D eigenvalue weighted by atomic mass is 9.74. The molecule has 9 nitrogen and oxygen atoms in total. The Morgan fingerprint density at radius 1 is 1.33 bits per heavy atom. The van der Waals surface area contributed by atoms with Crippen LogP contribution in [0.3, 0.4) is 0 Å². The van der Waals surface area contributed by atoms with Gasteiger partial charge in [-0.2, -0.15) is 5.10 Å². The van der Waals surface area contributed by atoms with Crippen LogP contribution in [0.5, 0.6) is 0 Å². The van der Waals surface area contributed by atoms with E-state index in [4.69, 9.17) is 14.7 Å². The Hall–Kier alpha value is -2.84. The van der Waals surface area contributed by atoms with Gasteiger partial charge in [-0.1, -0.05) is 24.4 Å². The molecule has 3 aliphatic rings. The van der Waals surface area contributed by atoms with Crippen molar-refractivity contribution in [3.8, 4) is 0 Å². The maximum atomic E-state index is 10.8. The Morgan fingerprint density at radius 3 is 2.87 bits per heavy atom. The number of aryl methyl sites for hydroxylation is 1. The molecule has 1 aliphatic heterocycles. The number of aromatic nitrogens is 3. The number of rotatable bonds is 5. The first-order valence-electron chi connectivity index (χ1n) is 10.8. The van der Waals surface area contributed by atoms with E-state index in [0.717, 1.165) is 47.4 Å². The van der Waals surface area contributed by atoms with Crippen LogP contribution in [0.1, 0.15) is 63.9 Å². The van der Waals surface area contributed by atoms with Crippen molar-refractivity contribution in [2.45, 2.75) is 82.6 Å². The van der Waals surface area contributed by atoms with Crippen LogP contribution in [0, 0.1) is 0 Å². The molecule has 0 bridgehead atoms. The van der Waals surface area contributed by atoms with Crippen LogP contribution in [0.2, 0.25) is 0 Å². The summed E-state index contributed by atoms with van der Waals surface area (Å²) in [6, 6.07) is 0.432. The number of anilines is 1. The Morgan fingerprint density at radius 2 is 2.13 bits per heavy atom. The molecular formula is C21H27N5O4. The van der Waals surface area contributed by atoms with Gasteiger partial charge in [0.25, 0.3) is 0 Å². The van der Waals surface area contributed by atoms with Gasteiger partial charge in [-0.05, 0) is 19.8 Å². The number of nitrogens with zero attached hydrogens (tertiary/aromatic N) is 4. The van der Waals surface area contributed by atoms with Gasteiger partial charge in [0.15, 0.2) is 11.2 Å². The highest BCUT2D eigenvalue weighted by atomic mass is 16.7. The fraction of sp³-hybridized carbons (Fsp3) is 0.619. The highest BCUT2D eigenvalue weighted by Gasteiger charge is 2.53. The van der Waals surface area contributed by atoms with Crippen molar-refractivity contribution in [2.75, 3.05) is 5.32 Å². The third-order valence-electron chi connectivity index (χ3n) is 6.54. The third kappa shape index (κ3) is 3.36. The van der Waals surface area contributed by atoms with Gasteiger partial charge in [-0.15, -0.1) is 0 Å². The molecule has 160 valence electrons. The lowest BCUT2D eigenvalue weighted by Crippen LogP contribution is -2.49. The van der Waals surface area contributed by atoms with Crippen LogP contribution in [-0.4, -0.2) is 49.5 Å². The fourth-order valence-corrected chi connectivity index (χ4v) is 4.96. The zero-order chi connectivity index (χ0) is 20.7. The molecule has 30 heavy (non-hydrogen) atoms. The summed E-state index contributed by atoms with van der Waals surface area (Å²) in [6.45, 7) is 2.82. The minimum Gasteiger partial charge on any atom is -0.450 e. The van der Waals surface area contributed by atoms with Gasteiger partial charge in [0, 0.05) is 43.6 Å². The number of oxime groups is 1. The van der Waals surface area contributed by atoms with Crippen molar-refractivity contribution < 1.29 is 19.5 Å². The Balaban J connectivity index is 1.42. The highest BCUT2D eigenvalue weighted by Crippen LogP contribution is 2.46. The quantitative estimate of drug-likeness (QED) is 0.715. The van der Waals surface area contributed by atoms with Crippen LogP contribution < -0.4 is 5.32 Å². The predicted octanol–water partition coefficient (Wildman–Crippen LogP) is 3.92. The first kappa shape index (κ1) is 19.1. The summed E-state index contributed by atoms with van der Waals surface area (Å²) >= 11 is 0. The molecular weight excluding hydrogens is 386 g/mol. The normalized spacial score (nSPS) is 26.3. The maximum absolute atomic E-state index is 10.8. The second-order valence-corrected chi connectivity index (χ2v) is 8.63. The largest absolute Gasteiger partial charge is 0.506 e. The molecule has 0 amide bonds. The van der Waals surface area contributed by atoms with E-state index in [2.05, 4.69) is 27.5 Å². The molecule has 0 unspecified atom stereocenters. The molecule has 3 heterocycles. The molecule has 0 atom stereocenters. The van der Waals surface area contributed by atoms with Crippen molar-refractivity contribution in [3.05, 3.63) is 18.0 Å². The molecule has 0 aromatic carbocycles. The number of carboxylic acid groups (broad SMARTS) is 1. The standard InChI is InChI=1S/C21H27N5O4/c1-2-26-19-16(12-23-26)18(24-13-6-4-3-5-7-13)15(11-22-19)17-10-21(30-25-17)8-14(9-21)29-20(27)28/h11-14H,2-10H2,1H3,(H,22,24)(H,27,28). The molecule has 2 aromatic rings. The lowest BCUT2D eigenvalue weighted by molar-refractivity contribution is -0.143. The summed E-state index contributed by atoms with van der Waals surface area (Å²) in [4.78, 5) is 21.2. The van der Waals surface area contributed by atoms with Crippen molar-refractivity contribution in [1.82, 2.24) is 14.8 Å². The molecule has 1 spiro atoms. The number of hydrogen-bond donors (Lipinski definition) is 2. The van der Waals surface area contributed by atoms with E-state index in [9.17, 15) is 4.79 Å². The first-order valence-corrected chi connectivity index (χ1v) is 10.8. The number of pyridine rings is 1. The van der Waals surface area contributed by atoms with Crippen molar-refractivity contribution >= 4 is 28.6 Å². The van der Waals surface area contributed by atoms with Gasteiger partial charge in [0.05, 0.1) is 23.0 Å². The minimum absolute atomic E-state index is 0.319. The second kappa shape index (κ2) is 7.45. The summed E-state index contributed by atoms with van der Waals surface area (Å²) in [5.74, 6) is 0. The SMILES string of the molecule is CCn1ncc2c(NC3CCCCC3)c(C3=NOC4(C3)CC(OC(=O)O)C4)cnc21. The van der Waals surface area contributed by atoms with Gasteiger partial charge in [0.1, 0.15) is 6.10 Å². The second-order valence-electron chi connectivity index (χ2n) is 8.63. The molecule has 2 aromatic heterocycles. The number of nitrogens with one attached hydrogen (secondary N) is 1. The van der Waals surface area contributed by atoms with E-state index < -0.39 is 11.8 Å². The van der Waals surface area contributed by atoms with Crippen LogP contribution in [0.25, 0.3) is 11.0 Å². The molecule has 0 saturated heterocycles. The fourth-order valence-electron chi connectivity index (χ4n) is 4.96. The molecule has 9 heteroatoms. The third-order valence-corrected chi connectivity index (χ3v) is 6.54. The first-order chi connectivity index (χ1) is 14.6. The zero-order valence-electron chi connectivity index (χ0n) is 17.1. The molecule has 2 saturated carbocycles. The van der Waals surface area contributed by atoms with E-state index in [0.29, 0.717) is 25.3 Å². The van der Waals surface area contributed by atoms with Crippen LogP contribution in [0.15, 0.2) is 17.5 Å².